The maximum atomic E-state index is 13.2. The van der Waals surface area contributed by atoms with Crippen molar-refractivity contribution in [2.24, 2.45) is 0 Å². The van der Waals surface area contributed by atoms with Crippen molar-refractivity contribution >= 4 is 37.9 Å². The summed E-state index contributed by atoms with van der Waals surface area (Å²) in [5.74, 6) is -0.253. The van der Waals surface area contributed by atoms with Gasteiger partial charge in [0.15, 0.2) is 4.96 Å². The average molecular weight is 340 g/mol. The number of halogens is 2. The highest BCUT2D eigenvalue weighted by Crippen LogP contribution is 2.24. The Morgan fingerprint density at radius 3 is 3.16 bits per heavy atom. The zero-order chi connectivity index (χ0) is 13.4. The van der Waals surface area contributed by atoms with Crippen LogP contribution in [0.4, 0.5) is 10.1 Å². The second-order valence-corrected chi connectivity index (χ2v) is 5.90. The topological polar surface area (TPSA) is 29.3 Å². The molecule has 0 bridgehead atoms. The van der Waals surface area contributed by atoms with Crippen LogP contribution in [0.5, 0.6) is 0 Å². The Kier molecular flexibility index (Phi) is 3.28. The highest BCUT2D eigenvalue weighted by molar-refractivity contribution is 9.10. The standard InChI is InChI=1S/C13H11BrFN3S/c1-8-12(18-4-5-19-13(18)17-8)7-16-11-6-9(15)2-3-10(11)14/h2-6,16H,7H2,1H3. The molecule has 2 heterocycles. The Hall–Kier alpha value is -1.40. The Balaban J connectivity index is 1.87. The lowest BCUT2D eigenvalue weighted by Gasteiger charge is -2.08. The van der Waals surface area contributed by atoms with Crippen LogP contribution < -0.4 is 5.32 Å². The van der Waals surface area contributed by atoms with Crippen LogP contribution in [0.2, 0.25) is 0 Å². The van der Waals surface area contributed by atoms with Gasteiger partial charge in [-0.3, -0.25) is 4.40 Å². The highest BCUT2D eigenvalue weighted by atomic mass is 79.9. The van der Waals surface area contributed by atoms with Crippen molar-refractivity contribution in [3.05, 3.63) is 51.5 Å². The largest absolute Gasteiger partial charge is 0.378 e. The molecule has 0 atom stereocenters. The summed E-state index contributed by atoms with van der Waals surface area (Å²) in [6, 6.07) is 4.60. The van der Waals surface area contributed by atoms with E-state index in [1.807, 2.05) is 18.5 Å². The van der Waals surface area contributed by atoms with E-state index in [-0.39, 0.29) is 5.82 Å². The van der Waals surface area contributed by atoms with E-state index in [9.17, 15) is 4.39 Å². The number of nitrogens with zero attached hydrogens (tertiary/aromatic N) is 2. The third kappa shape index (κ3) is 2.37. The first kappa shape index (κ1) is 12.6. The lowest BCUT2D eigenvalue weighted by molar-refractivity contribution is 0.628. The fraction of sp³-hybridized carbons (Fsp3) is 0.154. The molecule has 0 spiro atoms. The molecule has 3 nitrogen and oxygen atoms in total. The molecular formula is C13H11BrFN3S. The van der Waals surface area contributed by atoms with Gasteiger partial charge in [0, 0.05) is 16.0 Å². The zero-order valence-corrected chi connectivity index (χ0v) is 12.6. The third-order valence-corrected chi connectivity index (χ3v) is 4.38. The molecule has 1 aromatic carbocycles. The first-order valence-electron chi connectivity index (χ1n) is 5.75. The molecular weight excluding hydrogens is 329 g/mol. The van der Waals surface area contributed by atoms with Crippen molar-refractivity contribution in [1.82, 2.24) is 9.38 Å². The van der Waals surface area contributed by atoms with E-state index in [2.05, 4.69) is 30.6 Å². The van der Waals surface area contributed by atoms with Crippen LogP contribution in [0.25, 0.3) is 4.96 Å². The van der Waals surface area contributed by atoms with Crippen LogP contribution in [-0.4, -0.2) is 9.38 Å². The van der Waals surface area contributed by atoms with Crippen LogP contribution >= 0.6 is 27.3 Å². The molecule has 0 aliphatic heterocycles. The van der Waals surface area contributed by atoms with E-state index >= 15 is 0 Å². The number of aryl methyl sites for hydroxylation is 1. The van der Waals surface area contributed by atoms with E-state index in [1.165, 1.54) is 12.1 Å². The van der Waals surface area contributed by atoms with Gasteiger partial charge in [0.05, 0.1) is 23.6 Å². The normalized spacial score (nSPS) is 11.1. The summed E-state index contributed by atoms with van der Waals surface area (Å²) >= 11 is 5.01. The van der Waals surface area contributed by atoms with Crippen molar-refractivity contribution in [2.45, 2.75) is 13.5 Å². The Labute approximate surface area is 122 Å². The molecule has 0 aliphatic carbocycles. The van der Waals surface area contributed by atoms with Crippen LogP contribution in [0, 0.1) is 12.7 Å². The molecule has 0 saturated carbocycles. The van der Waals surface area contributed by atoms with Crippen molar-refractivity contribution in [2.75, 3.05) is 5.32 Å². The Morgan fingerprint density at radius 2 is 2.32 bits per heavy atom. The smallest absolute Gasteiger partial charge is 0.194 e. The van der Waals surface area contributed by atoms with Gasteiger partial charge in [-0.25, -0.2) is 9.37 Å². The Bertz CT molecular complexity index is 735. The van der Waals surface area contributed by atoms with Gasteiger partial charge in [-0.1, -0.05) is 0 Å². The third-order valence-electron chi connectivity index (χ3n) is 2.94. The lowest BCUT2D eigenvalue weighted by Crippen LogP contribution is -2.04. The number of aromatic nitrogens is 2. The summed E-state index contributed by atoms with van der Waals surface area (Å²) in [6.07, 6.45) is 2.00. The van der Waals surface area contributed by atoms with Gasteiger partial charge in [-0.2, -0.15) is 0 Å². The summed E-state index contributed by atoms with van der Waals surface area (Å²) in [5.41, 5.74) is 2.82. The van der Waals surface area contributed by atoms with Crippen molar-refractivity contribution < 1.29 is 4.39 Å². The van der Waals surface area contributed by atoms with E-state index in [0.717, 1.165) is 26.5 Å². The first-order chi connectivity index (χ1) is 9.15. The number of hydrogen-bond donors (Lipinski definition) is 1. The lowest BCUT2D eigenvalue weighted by atomic mass is 10.3. The maximum absolute atomic E-state index is 13.2. The van der Waals surface area contributed by atoms with Crippen molar-refractivity contribution in [3.63, 3.8) is 0 Å². The average Bonchev–Trinajstić information content (AvgIpc) is 2.92. The molecule has 19 heavy (non-hydrogen) atoms. The summed E-state index contributed by atoms with van der Waals surface area (Å²) in [5, 5.41) is 5.24. The molecule has 3 rings (SSSR count). The van der Waals surface area contributed by atoms with Crippen LogP contribution in [-0.2, 0) is 6.54 Å². The minimum Gasteiger partial charge on any atom is -0.378 e. The Morgan fingerprint density at radius 1 is 1.47 bits per heavy atom. The number of fused-ring (bicyclic) bond motifs is 1. The van der Waals surface area contributed by atoms with Crippen molar-refractivity contribution in [3.8, 4) is 0 Å². The number of nitrogens with one attached hydrogen (secondary N) is 1. The van der Waals surface area contributed by atoms with Gasteiger partial charge in [0.2, 0.25) is 0 Å². The molecule has 98 valence electrons. The minimum absolute atomic E-state index is 0.253. The van der Waals surface area contributed by atoms with Gasteiger partial charge in [0.1, 0.15) is 5.82 Å². The molecule has 0 aliphatic rings. The second-order valence-electron chi connectivity index (χ2n) is 4.18. The second kappa shape index (κ2) is 4.94. The molecule has 0 radical (unpaired) electrons. The zero-order valence-electron chi connectivity index (χ0n) is 10.2. The number of imidazole rings is 1. The summed E-state index contributed by atoms with van der Waals surface area (Å²) in [4.78, 5) is 5.46. The highest BCUT2D eigenvalue weighted by Gasteiger charge is 2.10. The van der Waals surface area contributed by atoms with Crippen molar-refractivity contribution in [1.29, 1.82) is 0 Å². The summed E-state index contributed by atoms with van der Waals surface area (Å²) < 4.78 is 16.1. The maximum Gasteiger partial charge on any atom is 0.194 e. The summed E-state index contributed by atoms with van der Waals surface area (Å²) in [6.45, 7) is 2.59. The molecule has 0 saturated heterocycles. The molecule has 0 unspecified atom stereocenters. The molecule has 0 amide bonds. The predicted molar refractivity (Wildman–Crippen MR) is 79.2 cm³/mol. The minimum atomic E-state index is -0.253. The number of thiazole rings is 1. The van der Waals surface area contributed by atoms with E-state index < -0.39 is 0 Å². The van der Waals surface area contributed by atoms with Gasteiger partial charge in [0.25, 0.3) is 0 Å². The van der Waals surface area contributed by atoms with Gasteiger partial charge in [-0.15, -0.1) is 11.3 Å². The van der Waals surface area contributed by atoms with E-state index in [4.69, 9.17) is 0 Å². The molecule has 1 N–H and O–H groups in total. The number of rotatable bonds is 3. The molecule has 2 aromatic heterocycles. The SMILES string of the molecule is Cc1nc2sccn2c1CNc1cc(F)ccc1Br. The van der Waals surface area contributed by atoms with Gasteiger partial charge < -0.3 is 5.32 Å². The number of benzene rings is 1. The first-order valence-corrected chi connectivity index (χ1v) is 7.42. The summed E-state index contributed by atoms with van der Waals surface area (Å²) in [7, 11) is 0. The van der Waals surface area contributed by atoms with E-state index in [1.54, 1.807) is 17.4 Å². The van der Waals surface area contributed by atoms with Crippen LogP contribution in [0.1, 0.15) is 11.4 Å². The van der Waals surface area contributed by atoms with Crippen LogP contribution in [0.3, 0.4) is 0 Å². The molecule has 6 heteroatoms. The van der Waals surface area contributed by atoms with E-state index in [0.29, 0.717) is 6.54 Å². The number of hydrogen-bond acceptors (Lipinski definition) is 3. The fourth-order valence-electron chi connectivity index (χ4n) is 1.97. The fourth-order valence-corrected chi connectivity index (χ4v) is 3.13. The molecule has 3 aromatic rings. The quantitative estimate of drug-likeness (QED) is 0.774. The van der Waals surface area contributed by atoms with Gasteiger partial charge in [-0.05, 0) is 41.1 Å². The van der Waals surface area contributed by atoms with Gasteiger partial charge >= 0.3 is 0 Å². The monoisotopic (exact) mass is 339 g/mol. The van der Waals surface area contributed by atoms with Crippen LogP contribution in [0.15, 0.2) is 34.2 Å². The molecule has 0 fully saturated rings. The predicted octanol–water partition coefficient (Wildman–Crippen LogP) is 4.22. The number of anilines is 1.